The van der Waals surface area contributed by atoms with E-state index in [0.29, 0.717) is 28.3 Å². The summed E-state index contributed by atoms with van der Waals surface area (Å²) in [5, 5.41) is 3.74. The number of halogens is 3. The summed E-state index contributed by atoms with van der Waals surface area (Å²) >= 11 is 0. The summed E-state index contributed by atoms with van der Waals surface area (Å²) in [5.41, 5.74) is 1.47. The highest BCUT2D eigenvalue weighted by Crippen LogP contribution is 2.32. The third-order valence-electron chi connectivity index (χ3n) is 3.80. The number of ether oxygens (including phenoxy) is 1. The average Bonchev–Trinajstić information content (AvgIpc) is 2.70. The summed E-state index contributed by atoms with van der Waals surface area (Å²) in [6, 6.07) is 10.4. The Morgan fingerprint density at radius 3 is 2.48 bits per heavy atom. The first-order chi connectivity index (χ1) is 14.5. The van der Waals surface area contributed by atoms with Gasteiger partial charge in [0, 0.05) is 0 Å². The lowest BCUT2D eigenvalue weighted by molar-refractivity contribution is -0.137. The number of alkyl halides is 3. The number of carbonyl (C=O) groups excluding carboxylic acids is 1. The summed E-state index contributed by atoms with van der Waals surface area (Å²) < 4.78 is 68.8. The van der Waals surface area contributed by atoms with Crippen molar-refractivity contribution >= 4 is 27.8 Å². The van der Waals surface area contributed by atoms with Gasteiger partial charge in [0.1, 0.15) is 18.9 Å². The van der Waals surface area contributed by atoms with Crippen molar-refractivity contribution in [3.8, 4) is 5.75 Å². The van der Waals surface area contributed by atoms with Gasteiger partial charge in [-0.3, -0.25) is 9.10 Å². The van der Waals surface area contributed by atoms with Gasteiger partial charge in [0.25, 0.3) is 5.91 Å². The monoisotopic (exact) mass is 455 g/mol. The van der Waals surface area contributed by atoms with E-state index in [0.717, 1.165) is 18.4 Å². The number of anilines is 1. The number of nitrogens with one attached hydrogen (secondary N) is 1. The van der Waals surface area contributed by atoms with Gasteiger partial charge in [-0.2, -0.15) is 18.3 Å². The Morgan fingerprint density at radius 2 is 1.90 bits per heavy atom. The molecule has 0 saturated carbocycles. The Kier molecular flexibility index (Phi) is 7.81. The molecule has 0 saturated heterocycles. The summed E-state index contributed by atoms with van der Waals surface area (Å²) in [6.45, 7) is 3.15. The normalized spacial score (nSPS) is 11.9. The quantitative estimate of drug-likeness (QED) is 0.357. The molecule has 0 heterocycles. The smallest absolute Gasteiger partial charge is 0.416 e. The molecule has 0 atom stereocenters. The molecule has 0 fully saturated rings. The van der Waals surface area contributed by atoms with E-state index in [-0.39, 0.29) is 5.69 Å². The lowest BCUT2D eigenvalue weighted by Gasteiger charge is -2.22. The molecule has 2 rings (SSSR count). The van der Waals surface area contributed by atoms with Crippen LogP contribution in [0.1, 0.15) is 11.1 Å². The van der Waals surface area contributed by atoms with Crippen molar-refractivity contribution in [2.45, 2.75) is 6.18 Å². The summed E-state index contributed by atoms with van der Waals surface area (Å²) in [5.74, 6) is -0.212. The molecular weight excluding hydrogens is 435 g/mol. The molecule has 0 bridgehead atoms. The second kappa shape index (κ2) is 10.1. The third kappa shape index (κ3) is 7.45. The molecule has 0 spiro atoms. The van der Waals surface area contributed by atoms with E-state index in [9.17, 15) is 26.4 Å². The van der Waals surface area contributed by atoms with E-state index in [1.54, 1.807) is 30.3 Å². The average molecular weight is 455 g/mol. The molecule has 1 N–H and O–H groups in total. The molecular formula is C20H20F3N3O4S. The number of hydrazone groups is 1. The van der Waals surface area contributed by atoms with Crippen molar-refractivity contribution in [2.24, 2.45) is 5.10 Å². The molecule has 0 unspecified atom stereocenters. The van der Waals surface area contributed by atoms with Crippen LogP contribution in [0.5, 0.6) is 5.75 Å². The summed E-state index contributed by atoms with van der Waals surface area (Å²) in [4.78, 5) is 12.1. The van der Waals surface area contributed by atoms with E-state index >= 15 is 0 Å². The van der Waals surface area contributed by atoms with Crippen LogP contribution >= 0.6 is 0 Å². The van der Waals surface area contributed by atoms with Crippen LogP contribution in [0.15, 0.2) is 66.3 Å². The Hall–Kier alpha value is -3.34. The minimum absolute atomic E-state index is 0.286. The van der Waals surface area contributed by atoms with Gasteiger partial charge in [-0.1, -0.05) is 18.7 Å². The number of benzene rings is 2. The van der Waals surface area contributed by atoms with Crippen LogP contribution in [0.25, 0.3) is 0 Å². The minimum Gasteiger partial charge on any atom is -0.490 e. The molecule has 2 aromatic rings. The second-order valence-electron chi connectivity index (χ2n) is 6.28. The van der Waals surface area contributed by atoms with Crippen LogP contribution < -0.4 is 14.5 Å². The standard InChI is InChI=1S/C20H20F3N3O4S/c1-3-11-30-18-9-7-15(8-10-18)13-24-25-19(27)14-26(31(2,28)29)17-6-4-5-16(12-17)20(21,22)23/h3-10,12-13H,1,11,14H2,2H3,(H,25,27)/b24-13-. The molecule has 1 amide bonds. The fourth-order valence-corrected chi connectivity index (χ4v) is 3.24. The first-order valence-corrected chi connectivity index (χ1v) is 10.7. The highest BCUT2D eigenvalue weighted by atomic mass is 32.2. The number of nitrogens with zero attached hydrogens (tertiary/aromatic N) is 2. The van der Waals surface area contributed by atoms with Crippen molar-refractivity contribution in [1.82, 2.24) is 5.43 Å². The SMILES string of the molecule is C=CCOc1ccc(/C=N\NC(=O)CN(c2cccc(C(F)(F)F)c2)S(C)(=O)=O)cc1. The maximum Gasteiger partial charge on any atom is 0.416 e. The number of hydrogen-bond acceptors (Lipinski definition) is 5. The van der Waals surface area contributed by atoms with E-state index in [4.69, 9.17) is 4.74 Å². The highest BCUT2D eigenvalue weighted by Gasteiger charge is 2.31. The van der Waals surface area contributed by atoms with Crippen LogP contribution in [-0.2, 0) is 21.0 Å². The predicted molar refractivity (Wildman–Crippen MR) is 112 cm³/mol. The molecule has 0 aliphatic heterocycles. The van der Waals surface area contributed by atoms with Crippen LogP contribution in [0.3, 0.4) is 0 Å². The zero-order chi connectivity index (χ0) is 23.1. The molecule has 7 nitrogen and oxygen atoms in total. The Morgan fingerprint density at radius 1 is 1.23 bits per heavy atom. The van der Waals surface area contributed by atoms with Gasteiger partial charge < -0.3 is 4.74 Å². The third-order valence-corrected chi connectivity index (χ3v) is 4.94. The number of hydrogen-bond donors (Lipinski definition) is 1. The maximum atomic E-state index is 12.9. The van der Waals surface area contributed by atoms with Crippen LogP contribution in [0.4, 0.5) is 18.9 Å². The van der Waals surface area contributed by atoms with Gasteiger partial charge in [0.15, 0.2) is 0 Å². The van der Waals surface area contributed by atoms with Crippen molar-refractivity contribution < 1.29 is 31.1 Å². The lowest BCUT2D eigenvalue weighted by Crippen LogP contribution is -2.39. The molecule has 0 aliphatic rings. The van der Waals surface area contributed by atoms with E-state index < -0.39 is 34.2 Å². The number of rotatable bonds is 9. The fourth-order valence-electron chi connectivity index (χ4n) is 2.39. The predicted octanol–water partition coefficient (Wildman–Crippen LogP) is 3.19. The summed E-state index contributed by atoms with van der Waals surface area (Å²) in [6.07, 6.45) is -0.938. The molecule has 0 radical (unpaired) electrons. The van der Waals surface area contributed by atoms with Gasteiger partial charge in [-0.25, -0.2) is 13.8 Å². The summed E-state index contributed by atoms with van der Waals surface area (Å²) in [7, 11) is -4.03. The highest BCUT2D eigenvalue weighted by molar-refractivity contribution is 7.92. The molecule has 0 aromatic heterocycles. The molecule has 2 aromatic carbocycles. The van der Waals surface area contributed by atoms with Gasteiger partial charge in [-0.15, -0.1) is 0 Å². The van der Waals surface area contributed by atoms with Crippen molar-refractivity contribution in [1.29, 1.82) is 0 Å². The lowest BCUT2D eigenvalue weighted by atomic mass is 10.2. The van der Waals surface area contributed by atoms with E-state index in [1.165, 1.54) is 12.3 Å². The Labute approximate surface area is 177 Å². The van der Waals surface area contributed by atoms with Gasteiger partial charge in [0.05, 0.1) is 23.7 Å². The molecule has 31 heavy (non-hydrogen) atoms. The zero-order valence-electron chi connectivity index (χ0n) is 16.5. The van der Waals surface area contributed by atoms with E-state index in [1.807, 2.05) is 0 Å². The van der Waals surface area contributed by atoms with Crippen LogP contribution in [0, 0.1) is 0 Å². The zero-order valence-corrected chi connectivity index (χ0v) is 17.3. The van der Waals surface area contributed by atoms with Crippen molar-refractivity contribution in [3.63, 3.8) is 0 Å². The maximum absolute atomic E-state index is 12.9. The van der Waals surface area contributed by atoms with Crippen LogP contribution in [-0.4, -0.2) is 39.9 Å². The topological polar surface area (TPSA) is 88.1 Å². The van der Waals surface area contributed by atoms with Gasteiger partial charge >= 0.3 is 6.18 Å². The first-order valence-electron chi connectivity index (χ1n) is 8.81. The Balaban J connectivity index is 2.07. The molecule has 0 aliphatic carbocycles. The van der Waals surface area contributed by atoms with Gasteiger partial charge in [-0.05, 0) is 48.0 Å². The largest absolute Gasteiger partial charge is 0.490 e. The minimum atomic E-state index is -4.65. The van der Waals surface area contributed by atoms with Crippen molar-refractivity contribution in [2.75, 3.05) is 23.7 Å². The van der Waals surface area contributed by atoms with Crippen molar-refractivity contribution in [3.05, 3.63) is 72.3 Å². The van der Waals surface area contributed by atoms with Crippen LogP contribution in [0.2, 0.25) is 0 Å². The van der Waals surface area contributed by atoms with Gasteiger partial charge in [0.2, 0.25) is 10.0 Å². The number of carbonyl (C=O) groups is 1. The number of sulfonamides is 1. The number of amides is 1. The van der Waals surface area contributed by atoms with E-state index in [2.05, 4.69) is 17.1 Å². The first kappa shape index (κ1) is 23.9. The molecule has 166 valence electrons. The molecule has 11 heteroatoms. The second-order valence-corrected chi connectivity index (χ2v) is 8.19. The Bertz CT molecular complexity index is 1050. The fraction of sp³-hybridized carbons (Fsp3) is 0.200.